The second-order valence-corrected chi connectivity index (χ2v) is 9.23. The molecule has 1 aromatic heterocycles. The molecule has 0 aliphatic carbocycles. The highest BCUT2D eigenvalue weighted by Crippen LogP contribution is 2.29. The van der Waals surface area contributed by atoms with Crippen LogP contribution in [0.3, 0.4) is 0 Å². The summed E-state index contributed by atoms with van der Waals surface area (Å²) >= 11 is 3.54. The van der Waals surface area contributed by atoms with Gasteiger partial charge in [-0.15, -0.1) is 0 Å². The third-order valence-corrected chi connectivity index (χ3v) is 6.63. The number of hydrogen-bond donors (Lipinski definition) is 2. The summed E-state index contributed by atoms with van der Waals surface area (Å²) in [5, 5.41) is 12.0. The van der Waals surface area contributed by atoms with Crippen LogP contribution in [0, 0.1) is 0 Å². The van der Waals surface area contributed by atoms with Gasteiger partial charge in [0, 0.05) is 63.8 Å². The Morgan fingerprint density at radius 3 is 2.59 bits per heavy atom. The molecule has 1 amide bonds. The number of amides is 1. The van der Waals surface area contributed by atoms with Crippen molar-refractivity contribution in [1.82, 2.24) is 14.9 Å². The molecule has 1 atom stereocenters. The van der Waals surface area contributed by atoms with E-state index >= 15 is 0 Å². The molecule has 0 bridgehead atoms. The standard InChI is InChI=1S/C23H29BrN6O4/c1-28(20-3-2-14-34-20)22-18(24)15-25-23(27-22)26-16-4-6-17(7-5-16)29-10-12-30(13-11-29)19(31)8-9-21(32)33/h4-7,15,20H,2-3,8-14H2,1H3,(H,32,33)(H,25,26,27). The van der Waals surface area contributed by atoms with Crippen LogP contribution in [-0.4, -0.2) is 77.9 Å². The van der Waals surface area contributed by atoms with Crippen molar-refractivity contribution in [2.45, 2.75) is 31.9 Å². The quantitative estimate of drug-likeness (QED) is 0.529. The summed E-state index contributed by atoms with van der Waals surface area (Å²) < 4.78 is 6.58. The summed E-state index contributed by atoms with van der Waals surface area (Å²) in [6.45, 7) is 3.37. The summed E-state index contributed by atoms with van der Waals surface area (Å²) in [6.07, 6.45) is 3.71. The molecule has 4 rings (SSSR count). The van der Waals surface area contributed by atoms with E-state index < -0.39 is 5.97 Å². The van der Waals surface area contributed by atoms with Gasteiger partial charge in [-0.1, -0.05) is 0 Å². The van der Waals surface area contributed by atoms with E-state index in [2.05, 4.69) is 36.1 Å². The number of aliphatic carboxylic acids is 1. The molecule has 182 valence electrons. The Hall–Kier alpha value is -2.92. The lowest BCUT2D eigenvalue weighted by molar-refractivity contribution is -0.141. The minimum absolute atomic E-state index is 0.0197. The maximum absolute atomic E-state index is 12.1. The van der Waals surface area contributed by atoms with Crippen molar-refractivity contribution < 1.29 is 19.4 Å². The zero-order chi connectivity index (χ0) is 24.1. The Morgan fingerprint density at radius 1 is 1.21 bits per heavy atom. The Balaban J connectivity index is 1.33. The van der Waals surface area contributed by atoms with E-state index in [1.165, 1.54) is 0 Å². The number of hydrogen-bond acceptors (Lipinski definition) is 8. The molecule has 1 unspecified atom stereocenters. The third kappa shape index (κ3) is 5.95. The van der Waals surface area contributed by atoms with Crippen LogP contribution in [0.2, 0.25) is 0 Å². The van der Waals surface area contributed by atoms with Crippen LogP contribution in [0.1, 0.15) is 25.7 Å². The number of carbonyl (C=O) groups is 2. The van der Waals surface area contributed by atoms with Crippen LogP contribution >= 0.6 is 15.9 Å². The van der Waals surface area contributed by atoms with Crippen LogP contribution in [0.15, 0.2) is 34.9 Å². The SMILES string of the molecule is CN(c1nc(Nc2ccc(N3CCN(C(=O)CCC(=O)O)CC3)cc2)ncc1Br)C1CCCO1. The molecular formula is C23H29BrN6O4. The predicted octanol–water partition coefficient (Wildman–Crippen LogP) is 3.07. The van der Waals surface area contributed by atoms with Crippen molar-refractivity contribution in [3.05, 3.63) is 34.9 Å². The van der Waals surface area contributed by atoms with Crippen molar-refractivity contribution in [3.8, 4) is 0 Å². The molecule has 34 heavy (non-hydrogen) atoms. The van der Waals surface area contributed by atoms with Gasteiger partial charge < -0.3 is 29.9 Å². The van der Waals surface area contributed by atoms with Gasteiger partial charge >= 0.3 is 5.97 Å². The van der Waals surface area contributed by atoms with E-state index in [4.69, 9.17) is 9.84 Å². The number of benzene rings is 1. The lowest BCUT2D eigenvalue weighted by atomic mass is 10.2. The fraction of sp³-hybridized carbons (Fsp3) is 0.478. The molecule has 3 heterocycles. The molecule has 2 N–H and O–H groups in total. The van der Waals surface area contributed by atoms with Gasteiger partial charge in [-0.2, -0.15) is 4.98 Å². The van der Waals surface area contributed by atoms with Crippen LogP contribution in [0.4, 0.5) is 23.1 Å². The third-order valence-electron chi connectivity index (χ3n) is 6.07. The first-order valence-electron chi connectivity index (χ1n) is 11.4. The molecule has 0 spiro atoms. The lowest BCUT2D eigenvalue weighted by Gasteiger charge is -2.36. The summed E-state index contributed by atoms with van der Waals surface area (Å²) in [7, 11) is 1.97. The number of nitrogens with one attached hydrogen (secondary N) is 1. The van der Waals surface area contributed by atoms with E-state index in [0.717, 1.165) is 41.1 Å². The number of nitrogens with zero attached hydrogens (tertiary/aromatic N) is 5. The first-order chi connectivity index (χ1) is 16.4. The molecule has 2 aromatic rings. The number of ether oxygens (including phenoxy) is 1. The van der Waals surface area contributed by atoms with Crippen LogP contribution in [0.25, 0.3) is 0 Å². The number of aromatic nitrogens is 2. The zero-order valence-corrected chi connectivity index (χ0v) is 20.7. The largest absolute Gasteiger partial charge is 0.481 e. The summed E-state index contributed by atoms with van der Waals surface area (Å²) in [5.74, 6) is 0.238. The monoisotopic (exact) mass is 532 g/mol. The minimum Gasteiger partial charge on any atom is -0.481 e. The van der Waals surface area contributed by atoms with Crippen molar-refractivity contribution in [1.29, 1.82) is 0 Å². The topological polar surface area (TPSA) is 111 Å². The zero-order valence-electron chi connectivity index (χ0n) is 19.1. The highest BCUT2D eigenvalue weighted by Gasteiger charge is 2.24. The number of carboxylic acid groups (broad SMARTS) is 1. The van der Waals surface area contributed by atoms with Gasteiger partial charge in [0.25, 0.3) is 0 Å². The Bertz CT molecular complexity index is 1010. The molecule has 0 radical (unpaired) electrons. The first kappa shape index (κ1) is 24.2. The highest BCUT2D eigenvalue weighted by molar-refractivity contribution is 9.10. The molecular weight excluding hydrogens is 504 g/mol. The van der Waals surface area contributed by atoms with Crippen molar-refractivity contribution in [2.75, 3.05) is 55.0 Å². The maximum Gasteiger partial charge on any atom is 0.303 e. The van der Waals surface area contributed by atoms with Crippen LogP contribution in [0.5, 0.6) is 0 Å². The number of rotatable bonds is 8. The number of piperazine rings is 1. The van der Waals surface area contributed by atoms with Gasteiger partial charge in [0.15, 0.2) is 0 Å². The summed E-state index contributed by atoms with van der Waals surface area (Å²) in [5.41, 5.74) is 1.94. The maximum atomic E-state index is 12.1. The molecule has 1 aromatic carbocycles. The molecule has 10 nitrogen and oxygen atoms in total. The molecule has 2 fully saturated rings. The lowest BCUT2D eigenvalue weighted by Crippen LogP contribution is -2.48. The fourth-order valence-corrected chi connectivity index (χ4v) is 4.61. The number of anilines is 4. The van der Waals surface area contributed by atoms with Crippen LogP contribution < -0.4 is 15.1 Å². The molecule has 11 heteroatoms. The Labute approximate surface area is 207 Å². The molecule has 2 saturated heterocycles. The Morgan fingerprint density at radius 2 is 1.94 bits per heavy atom. The fourth-order valence-electron chi connectivity index (χ4n) is 4.14. The molecule has 0 saturated carbocycles. The van der Waals surface area contributed by atoms with Gasteiger partial charge in [0.1, 0.15) is 12.0 Å². The molecule has 2 aliphatic rings. The number of carbonyl (C=O) groups excluding carboxylic acids is 1. The van der Waals surface area contributed by atoms with Gasteiger partial charge in [-0.3, -0.25) is 9.59 Å². The Kier molecular flexibility index (Phi) is 7.84. The summed E-state index contributed by atoms with van der Waals surface area (Å²) in [4.78, 5) is 37.9. The van der Waals surface area contributed by atoms with E-state index in [0.29, 0.717) is 32.1 Å². The van der Waals surface area contributed by atoms with Crippen LogP contribution in [-0.2, 0) is 14.3 Å². The second kappa shape index (κ2) is 11.0. The van der Waals surface area contributed by atoms with E-state index in [1.54, 1.807) is 11.1 Å². The normalized spacial score (nSPS) is 18.1. The van der Waals surface area contributed by atoms with Gasteiger partial charge in [-0.25, -0.2) is 4.98 Å². The predicted molar refractivity (Wildman–Crippen MR) is 132 cm³/mol. The first-order valence-corrected chi connectivity index (χ1v) is 12.2. The smallest absolute Gasteiger partial charge is 0.303 e. The summed E-state index contributed by atoms with van der Waals surface area (Å²) in [6, 6.07) is 8.02. The van der Waals surface area contributed by atoms with Crippen molar-refractivity contribution >= 4 is 50.9 Å². The van der Waals surface area contributed by atoms with Gasteiger partial charge in [0.2, 0.25) is 11.9 Å². The number of halogens is 1. The van der Waals surface area contributed by atoms with Crippen molar-refractivity contribution in [3.63, 3.8) is 0 Å². The van der Waals surface area contributed by atoms with Gasteiger partial charge in [0.05, 0.1) is 10.9 Å². The van der Waals surface area contributed by atoms with E-state index in [-0.39, 0.29) is 25.0 Å². The average molecular weight is 533 g/mol. The van der Waals surface area contributed by atoms with E-state index in [9.17, 15) is 9.59 Å². The average Bonchev–Trinajstić information content (AvgIpc) is 3.39. The second-order valence-electron chi connectivity index (χ2n) is 8.38. The minimum atomic E-state index is -0.944. The highest BCUT2D eigenvalue weighted by atomic mass is 79.9. The molecule has 2 aliphatic heterocycles. The van der Waals surface area contributed by atoms with E-state index in [1.807, 2.05) is 36.2 Å². The van der Waals surface area contributed by atoms with Crippen molar-refractivity contribution in [2.24, 2.45) is 0 Å². The number of carboxylic acids is 1. The van der Waals surface area contributed by atoms with Gasteiger partial charge in [-0.05, 0) is 53.0 Å².